The molecular weight excluding hydrogens is 394 g/mol. The van der Waals surface area contributed by atoms with Gasteiger partial charge >= 0.3 is 11.9 Å². The van der Waals surface area contributed by atoms with Crippen LogP contribution >= 0.6 is 0 Å². The Morgan fingerprint density at radius 1 is 1.06 bits per heavy atom. The van der Waals surface area contributed by atoms with Crippen LogP contribution in [-0.2, 0) is 20.7 Å². The minimum absolute atomic E-state index is 0.151. The Morgan fingerprint density at radius 2 is 1.81 bits per heavy atom. The molecule has 31 heavy (non-hydrogen) atoms. The summed E-state index contributed by atoms with van der Waals surface area (Å²) in [6.07, 6.45) is 4.40. The quantitative estimate of drug-likeness (QED) is 0.295. The number of H-pyrrole nitrogens is 1. The maximum absolute atomic E-state index is 11.9. The molecule has 0 bridgehead atoms. The first-order valence-electron chi connectivity index (χ1n) is 10.7. The second kappa shape index (κ2) is 10.1. The number of carbonyl (C=O) groups excluding carboxylic acids is 2. The van der Waals surface area contributed by atoms with Crippen molar-refractivity contribution in [2.75, 3.05) is 11.9 Å². The smallest absolute Gasteiger partial charge is 0.397 e. The molecule has 2 N–H and O–H groups in total. The first-order chi connectivity index (χ1) is 14.9. The fourth-order valence-corrected chi connectivity index (χ4v) is 3.52. The Morgan fingerprint density at radius 3 is 2.48 bits per heavy atom. The van der Waals surface area contributed by atoms with Gasteiger partial charge in [-0.25, -0.2) is 4.79 Å². The molecule has 0 aliphatic carbocycles. The van der Waals surface area contributed by atoms with E-state index >= 15 is 0 Å². The summed E-state index contributed by atoms with van der Waals surface area (Å²) < 4.78 is 10.9. The van der Waals surface area contributed by atoms with Gasteiger partial charge in [-0.2, -0.15) is 5.10 Å². The number of fused-ring (bicyclic) bond motifs is 1. The fourth-order valence-electron chi connectivity index (χ4n) is 3.52. The number of nitrogens with one attached hydrogen (secondary N) is 2. The number of nitrogens with zero attached hydrogens (tertiary/aromatic N) is 1. The molecule has 0 unspecified atom stereocenters. The third-order valence-corrected chi connectivity index (χ3v) is 5.03. The normalized spacial score (nSPS) is 10.8. The summed E-state index contributed by atoms with van der Waals surface area (Å²) in [5.41, 5.74) is 4.25. The molecule has 3 rings (SSSR count). The Labute approximate surface area is 182 Å². The number of rotatable bonds is 8. The van der Waals surface area contributed by atoms with Gasteiger partial charge < -0.3 is 14.8 Å². The number of aromatic nitrogens is 2. The Hall–Kier alpha value is -3.35. The number of carbonyl (C=O) groups is 2. The van der Waals surface area contributed by atoms with Crippen molar-refractivity contribution in [3.8, 4) is 11.5 Å². The van der Waals surface area contributed by atoms with Gasteiger partial charge in [0.2, 0.25) is 0 Å². The number of amides is 1. The van der Waals surface area contributed by atoms with Crippen LogP contribution in [0.5, 0.6) is 11.5 Å². The molecule has 0 fully saturated rings. The lowest BCUT2D eigenvalue weighted by Gasteiger charge is -2.14. The summed E-state index contributed by atoms with van der Waals surface area (Å²) in [5, 5.41) is 11.2. The van der Waals surface area contributed by atoms with Crippen molar-refractivity contribution in [2.45, 2.75) is 53.4 Å². The van der Waals surface area contributed by atoms with Crippen LogP contribution in [0.4, 0.5) is 5.69 Å². The van der Waals surface area contributed by atoms with Crippen LogP contribution in [0.15, 0.2) is 30.3 Å². The number of hydrogen-bond donors (Lipinski definition) is 2. The van der Waals surface area contributed by atoms with Crippen LogP contribution in [0.2, 0.25) is 0 Å². The minimum Gasteiger partial charge on any atom is -0.459 e. The lowest BCUT2D eigenvalue weighted by molar-refractivity contribution is -0.152. The molecular formula is C24H29N3O4. The van der Waals surface area contributed by atoms with Gasteiger partial charge in [0.05, 0.1) is 17.8 Å². The molecule has 0 saturated carbocycles. The Bertz CT molecular complexity index is 1060. The fraction of sp³-hybridized carbons (Fsp3) is 0.375. The molecule has 0 radical (unpaired) electrons. The van der Waals surface area contributed by atoms with E-state index in [2.05, 4.69) is 22.4 Å². The van der Waals surface area contributed by atoms with Gasteiger partial charge in [0.1, 0.15) is 11.5 Å². The van der Waals surface area contributed by atoms with E-state index in [0.717, 1.165) is 46.3 Å². The predicted molar refractivity (Wildman–Crippen MR) is 121 cm³/mol. The van der Waals surface area contributed by atoms with Gasteiger partial charge in [0.15, 0.2) is 0 Å². The Kier molecular flexibility index (Phi) is 7.28. The van der Waals surface area contributed by atoms with Gasteiger partial charge in [-0.05, 0) is 75.1 Å². The van der Waals surface area contributed by atoms with E-state index in [-0.39, 0.29) is 6.61 Å². The van der Waals surface area contributed by atoms with Crippen LogP contribution in [0.25, 0.3) is 10.9 Å². The zero-order valence-corrected chi connectivity index (χ0v) is 18.5. The molecule has 7 heteroatoms. The lowest BCUT2D eigenvalue weighted by Crippen LogP contribution is -2.25. The molecule has 0 aliphatic rings. The average Bonchev–Trinajstić information content (AvgIpc) is 3.13. The molecule has 3 aromatic rings. The number of hydrogen-bond acceptors (Lipinski definition) is 5. The number of anilines is 1. The lowest BCUT2D eigenvalue weighted by atomic mass is 10.1. The summed E-state index contributed by atoms with van der Waals surface area (Å²) in [7, 11) is 0. The molecule has 1 amide bonds. The van der Waals surface area contributed by atoms with E-state index in [4.69, 9.17) is 9.47 Å². The molecule has 0 saturated heterocycles. The first kappa shape index (κ1) is 22.3. The zero-order chi connectivity index (χ0) is 22.4. The van der Waals surface area contributed by atoms with Crippen molar-refractivity contribution in [2.24, 2.45) is 0 Å². The third-order valence-electron chi connectivity index (χ3n) is 5.03. The third kappa shape index (κ3) is 5.42. The van der Waals surface area contributed by atoms with Gasteiger partial charge in [0, 0.05) is 11.1 Å². The second-order valence-corrected chi connectivity index (χ2v) is 7.55. The molecule has 1 aromatic heterocycles. The molecule has 2 aromatic carbocycles. The topological polar surface area (TPSA) is 93.3 Å². The van der Waals surface area contributed by atoms with Crippen molar-refractivity contribution >= 4 is 28.5 Å². The second-order valence-electron chi connectivity index (χ2n) is 7.55. The van der Waals surface area contributed by atoms with E-state index in [1.165, 1.54) is 12.8 Å². The van der Waals surface area contributed by atoms with Crippen molar-refractivity contribution in [3.63, 3.8) is 0 Å². The highest BCUT2D eigenvalue weighted by Gasteiger charge is 2.17. The SMILES string of the molecule is CCCCCc1n[nH]c2ccc(Oc3c(C)cc(NC(=O)C(=O)OCC)cc3C)cc12. The van der Waals surface area contributed by atoms with Crippen LogP contribution in [0, 0.1) is 13.8 Å². The van der Waals surface area contributed by atoms with Crippen molar-refractivity contribution in [1.29, 1.82) is 0 Å². The minimum atomic E-state index is -0.902. The van der Waals surface area contributed by atoms with Gasteiger partial charge in [-0.15, -0.1) is 0 Å². The number of unbranched alkanes of at least 4 members (excludes halogenated alkanes) is 2. The first-order valence-corrected chi connectivity index (χ1v) is 10.7. The average molecular weight is 424 g/mol. The summed E-state index contributed by atoms with van der Waals surface area (Å²) in [6, 6.07) is 9.43. The van der Waals surface area contributed by atoms with Gasteiger partial charge in [-0.3, -0.25) is 9.89 Å². The van der Waals surface area contributed by atoms with E-state index in [1.807, 2.05) is 32.0 Å². The molecule has 1 heterocycles. The van der Waals surface area contributed by atoms with Crippen LogP contribution < -0.4 is 10.1 Å². The monoisotopic (exact) mass is 423 g/mol. The predicted octanol–water partition coefficient (Wildman–Crippen LogP) is 5.21. The van der Waals surface area contributed by atoms with Crippen LogP contribution in [0.3, 0.4) is 0 Å². The Balaban J connectivity index is 1.79. The molecule has 164 valence electrons. The van der Waals surface area contributed by atoms with E-state index in [0.29, 0.717) is 11.4 Å². The van der Waals surface area contributed by atoms with Crippen LogP contribution in [0.1, 0.15) is 49.9 Å². The highest BCUT2D eigenvalue weighted by Crippen LogP contribution is 2.33. The molecule has 7 nitrogen and oxygen atoms in total. The molecule has 0 spiro atoms. The van der Waals surface area contributed by atoms with Gasteiger partial charge in [0.25, 0.3) is 0 Å². The summed E-state index contributed by atoms with van der Waals surface area (Å²) >= 11 is 0. The highest BCUT2D eigenvalue weighted by atomic mass is 16.5. The van der Waals surface area contributed by atoms with Crippen molar-refractivity contribution in [1.82, 2.24) is 10.2 Å². The maximum atomic E-state index is 11.9. The van der Waals surface area contributed by atoms with Crippen molar-refractivity contribution in [3.05, 3.63) is 47.2 Å². The van der Waals surface area contributed by atoms with E-state index in [1.54, 1.807) is 19.1 Å². The van der Waals surface area contributed by atoms with Gasteiger partial charge in [-0.1, -0.05) is 19.8 Å². The van der Waals surface area contributed by atoms with Crippen LogP contribution in [-0.4, -0.2) is 28.7 Å². The summed E-state index contributed by atoms with van der Waals surface area (Å²) in [4.78, 5) is 23.5. The van der Waals surface area contributed by atoms with E-state index in [9.17, 15) is 9.59 Å². The largest absolute Gasteiger partial charge is 0.459 e. The van der Waals surface area contributed by atoms with E-state index < -0.39 is 11.9 Å². The number of aromatic amines is 1. The molecule has 0 atom stereocenters. The standard InChI is InChI=1S/C24H29N3O4/c1-5-7-8-9-20-19-14-18(10-11-21(19)27-26-20)31-22-15(3)12-17(13-16(22)4)25-23(28)24(29)30-6-2/h10-14H,5-9H2,1-4H3,(H,25,28)(H,26,27). The summed E-state index contributed by atoms with van der Waals surface area (Å²) in [5.74, 6) is -0.263. The number of esters is 1. The van der Waals surface area contributed by atoms with Crippen molar-refractivity contribution < 1.29 is 19.1 Å². The summed E-state index contributed by atoms with van der Waals surface area (Å²) in [6.45, 7) is 7.79. The number of benzene rings is 2. The maximum Gasteiger partial charge on any atom is 0.397 e. The highest BCUT2D eigenvalue weighted by molar-refractivity contribution is 6.37. The number of aryl methyl sites for hydroxylation is 3. The molecule has 0 aliphatic heterocycles. The zero-order valence-electron chi connectivity index (χ0n) is 18.5. The number of ether oxygens (including phenoxy) is 2.